The molecule has 0 aliphatic heterocycles. The lowest BCUT2D eigenvalue weighted by Crippen LogP contribution is -2.16. The summed E-state index contributed by atoms with van der Waals surface area (Å²) < 4.78 is 40.0. The first-order chi connectivity index (χ1) is 12.8. The number of aryl methyl sites for hydroxylation is 1. The highest BCUT2D eigenvalue weighted by atomic mass is 35.5. The molecule has 138 valence electrons. The highest BCUT2D eigenvalue weighted by molar-refractivity contribution is 6.31. The lowest BCUT2D eigenvalue weighted by molar-refractivity contribution is -0.137. The largest absolute Gasteiger partial charge is 0.417 e. The molecular formula is C19H13ClF3N3O. The molecular weight excluding hydrogens is 379 g/mol. The molecule has 4 nitrogen and oxygen atoms in total. The Kier molecular flexibility index (Phi) is 5.19. The van der Waals surface area contributed by atoms with Crippen molar-refractivity contribution in [1.82, 2.24) is 9.55 Å². The number of nitrogens with zero attached hydrogens (tertiary/aromatic N) is 3. The molecule has 1 aromatic carbocycles. The monoisotopic (exact) mass is 391 g/mol. The van der Waals surface area contributed by atoms with Gasteiger partial charge in [0.05, 0.1) is 22.3 Å². The summed E-state index contributed by atoms with van der Waals surface area (Å²) in [4.78, 5) is 16.1. The van der Waals surface area contributed by atoms with E-state index in [1.807, 2.05) is 41.1 Å². The van der Waals surface area contributed by atoms with Gasteiger partial charge in [0, 0.05) is 30.9 Å². The predicted molar refractivity (Wildman–Crippen MR) is 94.2 cm³/mol. The van der Waals surface area contributed by atoms with Crippen molar-refractivity contribution in [3.63, 3.8) is 0 Å². The fraction of sp³-hybridized carbons (Fsp3) is 0.211. The van der Waals surface area contributed by atoms with Crippen LogP contribution < -0.4 is 0 Å². The van der Waals surface area contributed by atoms with Gasteiger partial charge in [0.2, 0.25) is 0 Å². The minimum Gasteiger partial charge on any atom is -0.347 e. The molecule has 0 saturated carbocycles. The molecule has 1 atom stereocenters. The zero-order valence-corrected chi connectivity index (χ0v) is 14.6. The molecule has 3 rings (SSSR count). The predicted octanol–water partition coefficient (Wildman–Crippen LogP) is 4.98. The van der Waals surface area contributed by atoms with Gasteiger partial charge >= 0.3 is 6.18 Å². The van der Waals surface area contributed by atoms with Gasteiger partial charge in [-0.3, -0.25) is 9.78 Å². The van der Waals surface area contributed by atoms with E-state index in [9.17, 15) is 23.2 Å². The van der Waals surface area contributed by atoms with Crippen molar-refractivity contribution >= 4 is 28.3 Å². The smallest absolute Gasteiger partial charge is 0.347 e. The Morgan fingerprint density at radius 2 is 2.04 bits per heavy atom. The number of hydrogen-bond acceptors (Lipinski definition) is 3. The number of para-hydroxylation sites is 1. The molecule has 27 heavy (non-hydrogen) atoms. The van der Waals surface area contributed by atoms with E-state index >= 15 is 0 Å². The van der Waals surface area contributed by atoms with Gasteiger partial charge in [0.25, 0.3) is 0 Å². The maximum absolute atomic E-state index is 12.7. The van der Waals surface area contributed by atoms with E-state index in [0.717, 1.165) is 10.9 Å². The topological polar surface area (TPSA) is 58.7 Å². The molecule has 0 fully saturated rings. The molecule has 0 amide bonds. The Balaban J connectivity index is 1.78. The van der Waals surface area contributed by atoms with E-state index in [2.05, 4.69) is 4.98 Å². The summed E-state index contributed by atoms with van der Waals surface area (Å²) in [6, 6.07) is 12.0. The molecule has 0 N–H and O–H groups in total. The Morgan fingerprint density at radius 3 is 2.70 bits per heavy atom. The third-order valence-electron chi connectivity index (χ3n) is 4.20. The second-order valence-electron chi connectivity index (χ2n) is 5.94. The van der Waals surface area contributed by atoms with Gasteiger partial charge in [-0.05, 0) is 23.6 Å². The zero-order valence-electron chi connectivity index (χ0n) is 13.9. The van der Waals surface area contributed by atoms with Crippen molar-refractivity contribution < 1.29 is 18.0 Å². The number of hydrogen-bond donors (Lipinski definition) is 0. The van der Waals surface area contributed by atoms with Crippen LogP contribution in [0, 0.1) is 11.3 Å². The van der Waals surface area contributed by atoms with Crippen LogP contribution >= 0.6 is 11.6 Å². The van der Waals surface area contributed by atoms with E-state index in [-0.39, 0.29) is 17.1 Å². The maximum atomic E-state index is 12.7. The van der Waals surface area contributed by atoms with E-state index in [1.165, 1.54) is 0 Å². The molecule has 0 saturated heterocycles. The number of carbonyl (C=O) groups is 1. The number of nitriles is 1. The minimum atomic E-state index is -4.60. The third-order valence-corrected chi connectivity index (χ3v) is 4.50. The van der Waals surface area contributed by atoms with Crippen LogP contribution in [0.5, 0.6) is 0 Å². The number of carbonyl (C=O) groups excluding carboxylic acids is 1. The van der Waals surface area contributed by atoms with Crippen molar-refractivity contribution in [3.05, 3.63) is 65.1 Å². The van der Waals surface area contributed by atoms with E-state index < -0.39 is 23.4 Å². The van der Waals surface area contributed by atoms with Gasteiger partial charge in [-0.15, -0.1) is 0 Å². The second-order valence-corrected chi connectivity index (χ2v) is 6.34. The number of Topliss-reactive ketones (excluding diaryl/α,β-unsaturated/α-hetero) is 1. The Hall–Kier alpha value is -2.85. The Labute approximate surface area is 157 Å². The first kappa shape index (κ1) is 18.9. The van der Waals surface area contributed by atoms with Crippen molar-refractivity contribution in [1.29, 1.82) is 5.26 Å². The standard InChI is InChI=1S/C19H13ClF3N3O/c20-15-9-13(19(21,22)23)11-25-18(15)14(10-24)17(27)6-8-26-7-5-12-3-1-2-4-16(12)26/h1-5,7,9,11,14H,6,8H2. The SMILES string of the molecule is N#CC(C(=O)CCn1ccc2ccccc21)c1ncc(C(F)(F)F)cc1Cl. The number of aromatic nitrogens is 2. The Morgan fingerprint density at radius 1 is 1.30 bits per heavy atom. The molecule has 8 heteroatoms. The van der Waals surface area contributed by atoms with Gasteiger partial charge in [-0.25, -0.2) is 0 Å². The fourth-order valence-electron chi connectivity index (χ4n) is 2.81. The van der Waals surface area contributed by atoms with Crippen LogP contribution in [0.4, 0.5) is 13.2 Å². The molecule has 0 aliphatic rings. The fourth-order valence-corrected chi connectivity index (χ4v) is 3.09. The number of ketones is 1. The quantitative estimate of drug-likeness (QED) is 0.616. The number of benzene rings is 1. The summed E-state index contributed by atoms with van der Waals surface area (Å²) in [5.74, 6) is -1.77. The number of pyridine rings is 1. The molecule has 1 unspecified atom stereocenters. The molecule has 0 spiro atoms. The summed E-state index contributed by atoms with van der Waals surface area (Å²) in [5.41, 5.74) is -0.238. The minimum absolute atomic E-state index is 0.0237. The highest BCUT2D eigenvalue weighted by Gasteiger charge is 2.33. The van der Waals surface area contributed by atoms with E-state index in [4.69, 9.17) is 11.6 Å². The summed E-state index contributed by atoms with van der Waals surface area (Å²) in [7, 11) is 0. The summed E-state index contributed by atoms with van der Waals surface area (Å²) in [6.07, 6.45) is -2.16. The van der Waals surface area contributed by atoms with Crippen LogP contribution in [0.15, 0.2) is 48.8 Å². The second kappa shape index (κ2) is 7.41. The Bertz CT molecular complexity index is 1040. The molecule has 0 aliphatic carbocycles. The number of rotatable bonds is 5. The van der Waals surface area contributed by atoms with Crippen LogP contribution in [0.2, 0.25) is 5.02 Å². The van der Waals surface area contributed by atoms with Crippen molar-refractivity contribution in [2.24, 2.45) is 0 Å². The maximum Gasteiger partial charge on any atom is 0.417 e. The van der Waals surface area contributed by atoms with E-state index in [0.29, 0.717) is 18.8 Å². The van der Waals surface area contributed by atoms with Crippen LogP contribution in [-0.2, 0) is 17.5 Å². The molecule has 0 bridgehead atoms. The lowest BCUT2D eigenvalue weighted by atomic mass is 9.98. The van der Waals surface area contributed by atoms with Crippen LogP contribution in [0.3, 0.4) is 0 Å². The third kappa shape index (κ3) is 3.96. The summed E-state index contributed by atoms with van der Waals surface area (Å²) in [5, 5.41) is 10.0. The van der Waals surface area contributed by atoms with Crippen LogP contribution in [-0.4, -0.2) is 15.3 Å². The zero-order chi connectivity index (χ0) is 19.6. The number of fused-ring (bicyclic) bond motifs is 1. The first-order valence-corrected chi connectivity index (χ1v) is 8.38. The van der Waals surface area contributed by atoms with Crippen LogP contribution in [0.25, 0.3) is 10.9 Å². The number of alkyl halides is 3. The van der Waals surface area contributed by atoms with Gasteiger partial charge in [-0.1, -0.05) is 29.8 Å². The van der Waals surface area contributed by atoms with Gasteiger partial charge < -0.3 is 4.57 Å². The van der Waals surface area contributed by atoms with Crippen LogP contribution in [0.1, 0.15) is 23.6 Å². The van der Waals surface area contributed by atoms with E-state index in [1.54, 1.807) is 6.07 Å². The van der Waals surface area contributed by atoms with Gasteiger partial charge in [0.15, 0.2) is 5.78 Å². The number of halogens is 4. The van der Waals surface area contributed by atoms with Crippen molar-refractivity contribution in [3.8, 4) is 6.07 Å². The van der Waals surface area contributed by atoms with Gasteiger partial charge in [0.1, 0.15) is 5.92 Å². The van der Waals surface area contributed by atoms with Crippen molar-refractivity contribution in [2.45, 2.75) is 25.1 Å². The van der Waals surface area contributed by atoms with Crippen molar-refractivity contribution in [2.75, 3.05) is 0 Å². The molecule has 0 radical (unpaired) electrons. The molecule has 2 aromatic heterocycles. The summed E-state index contributed by atoms with van der Waals surface area (Å²) >= 11 is 5.86. The molecule has 2 heterocycles. The average molecular weight is 392 g/mol. The summed E-state index contributed by atoms with van der Waals surface area (Å²) in [6.45, 7) is 0.336. The average Bonchev–Trinajstić information content (AvgIpc) is 3.04. The normalized spacial score (nSPS) is 12.7. The van der Waals surface area contributed by atoms with Gasteiger partial charge in [-0.2, -0.15) is 18.4 Å². The highest BCUT2D eigenvalue weighted by Crippen LogP contribution is 2.33. The lowest BCUT2D eigenvalue weighted by Gasteiger charge is -2.13. The molecule has 3 aromatic rings. The first-order valence-electron chi connectivity index (χ1n) is 8.00.